The van der Waals surface area contributed by atoms with Crippen LogP contribution in [0.5, 0.6) is 0 Å². The highest BCUT2D eigenvalue weighted by Gasteiger charge is 2.39. The second kappa shape index (κ2) is 8.60. The Labute approximate surface area is 175 Å². The number of amides is 1. The zero-order valence-corrected chi connectivity index (χ0v) is 18.0. The number of nitrogens with zero attached hydrogens (tertiary/aromatic N) is 2. The molecule has 2 aromatic carbocycles. The molecule has 1 aliphatic rings. The summed E-state index contributed by atoms with van der Waals surface area (Å²) in [5, 5.41) is 11.2. The van der Waals surface area contributed by atoms with Crippen LogP contribution in [0, 0.1) is 5.92 Å². The number of carbonyl (C=O) groups is 1. The van der Waals surface area contributed by atoms with Crippen LogP contribution in [-0.2, 0) is 10.5 Å². The summed E-state index contributed by atoms with van der Waals surface area (Å²) in [6.07, 6.45) is 2.16. The maximum atomic E-state index is 12.6. The quantitative estimate of drug-likeness (QED) is 0.690. The van der Waals surface area contributed by atoms with Gasteiger partial charge >= 0.3 is 0 Å². The van der Waals surface area contributed by atoms with Crippen LogP contribution >= 0.6 is 15.9 Å². The van der Waals surface area contributed by atoms with E-state index in [9.17, 15) is 9.90 Å². The van der Waals surface area contributed by atoms with E-state index in [1.54, 1.807) is 0 Å². The molecule has 1 fully saturated rings. The highest BCUT2D eigenvalue weighted by Crippen LogP contribution is 2.34. The predicted octanol–water partition coefficient (Wildman–Crippen LogP) is 4.54. The van der Waals surface area contributed by atoms with Gasteiger partial charge in [0.25, 0.3) is 5.91 Å². The molecule has 5 heteroatoms. The van der Waals surface area contributed by atoms with Crippen LogP contribution in [-0.4, -0.2) is 35.0 Å². The number of piperidine rings is 1. The van der Waals surface area contributed by atoms with Crippen molar-refractivity contribution in [2.45, 2.75) is 32.0 Å². The topological polar surface area (TPSA) is 43.8 Å². The molecule has 0 radical (unpaired) electrons. The van der Waals surface area contributed by atoms with Crippen molar-refractivity contribution >= 4 is 27.5 Å². The molecular formula is C23H27BrN2O2. The largest absolute Gasteiger partial charge is 0.372 e. The molecule has 3 rings (SSSR count). The Morgan fingerprint density at radius 3 is 2.46 bits per heavy atom. The molecule has 28 heavy (non-hydrogen) atoms. The van der Waals surface area contributed by atoms with Crippen LogP contribution in [0.3, 0.4) is 0 Å². The van der Waals surface area contributed by atoms with Crippen LogP contribution < -0.4 is 4.90 Å². The lowest BCUT2D eigenvalue weighted by Gasteiger charge is -2.47. The Kier molecular flexibility index (Phi) is 6.38. The molecule has 1 aliphatic heterocycles. The van der Waals surface area contributed by atoms with Crippen molar-refractivity contribution in [3.8, 4) is 0 Å². The first-order chi connectivity index (χ1) is 13.3. The fourth-order valence-corrected chi connectivity index (χ4v) is 4.29. The Bertz CT molecular complexity index is 820. The van der Waals surface area contributed by atoms with Crippen molar-refractivity contribution in [3.05, 3.63) is 77.3 Å². The van der Waals surface area contributed by atoms with E-state index < -0.39 is 5.72 Å². The van der Waals surface area contributed by atoms with E-state index in [0.29, 0.717) is 13.1 Å². The average Bonchev–Trinajstić information content (AvgIpc) is 2.70. The van der Waals surface area contributed by atoms with E-state index in [1.165, 1.54) is 6.08 Å². The minimum absolute atomic E-state index is 0.0601. The van der Waals surface area contributed by atoms with Gasteiger partial charge in [-0.15, -0.1) is 0 Å². The van der Waals surface area contributed by atoms with Crippen LogP contribution in [0.15, 0.2) is 71.7 Å². The van der Waals surface area contributed by atoms with Crippen molar-refractivity contribution < 1.29 is 9.90 Å². The number of benzene rings is 2. The Hall–Kier alpha value is -1.95. The minimum Gasteiger partial charge on any atom is -0.372 e. The first kappa shape index (κ1) is 20.8. The molecule has 2 aromatic rings. The van der Waals surface area contributed by atoms with Gasteiger partial charge in [0.05, 0.1) is 0 Å². The lowest BCUT2D eigenvalue weighted by Crippen LogP contribution is -2.56. The molecule has 0 aromatic heterocycles. The molecule has 148 valence electrons. The summed E-state index contributed by atoms with van der Waals surface area (Å²) >= 11 is 3.44. The fraction of sp³-hybridized carbons (Fsp3) is 0.348. The number of rotatable bonds is 5. The number of anilines is 1. The van der Waals surface area contributed by atoms with Gasteiger partial charge in [-0.25, -0.2) is 0 Å². The first-order valence-electron chi connectivity index (χ1n) is 9.58. The fourth-order valence-electron chi connectivity index (χ4n) is 4.03. The number of para-hydroxylation sites is 1. The molecule has 0 bridgehead atoms. The van der Waals surface area contributed by atoms with Gasteiger partial charge in [-0.2, -0.15) is 0 Å². The van der Waals surface area contributed by atoms with Crippen LogP contribution in [0.1, 0.15) is 25.8 Å². The molecule has 4 nitrogen and oxygen atoms in total. The molecule has 0 saturated carbocycles. The van der Waals surface area contributed by atoms with Gasteiger partial charge in [-0.1, -0.05) is 59.8 Å². The Balaban J connectivity index is 1.81. The third kappa shape index (κ3) is 4.22. The molecular weight excluding hydrogens is 416 g/mol. The zero-order valence-electron chi connectivity index (χ0n) is 16.4. The maximum Gasteiger partial charge on any atom is 0.250 e. The summed E-state index contributed by atoms with van der Waals surface area (Å²) in [5.74, 6) is 0.107. The van der Waals surface area contributed by atoms with E-state index >= 15 is 0 Å². The predicted molar refractivity (Wildman–Crippen MR) is 117 cm³/mol. The van der Waals surface area contributed by atoms with Crippen molar-refractivity contribution in [2.24, 2.45) is 5.92 Å². The molecule has 0 spiro atoms. The number of halogens is 1. The summed E-state index contributed by atoms with van der Waals surface area (Å²) in [6.45, 7) is 9.06. The van der Waals surface area contributed by atoms with Gasteiger partial charge in [0.1, 0.15) is 5.72 Å². The lowest BCUT2D eigenvalue weighted by atomic mass is 9.89. The van der Waals surface area contributed by atoms with E-state index in [-0.39, 0.29) is 17.9 Å². The number of aliphatic hydroxyl groups is 1. The first-order valence-corrected chi connectivity index (χ1v) is 10.4. The van der Waals surface area contributed by atoms with Crippen LogP contribution in [0.4, 0.5) is 5.69 Å². The Morgan fingerprint density at radius 1 is 1.25 bits per heavy atom. The maximum absolute atomic E-state index is 12.6. The van der Waals surface area contributed by atoms with E-state index in [1.807, 2.05) is 66.4 Å². The molecule has 1 amide bonds. The van der Waals surface area contributed by atoms with E-state index in [2.05, 4.69) is 34.3 Å². The van der Waals surface area contributed by atoms with Crippen molar-refractivity contribution in [3.63, 3.8) is 0 Å². The highest BCUT2D eigenvalue weighted by molar-refractivity contribution is 9.10. The average molecular weight is 443 g/mol. The smallest absolute Gasteiger partial charge is 0.250 e. The molecule has 3 atom stereocenters. The standard InChI is InChI=1S/C23H27BrN2O2/c1-4-22(27)26(20-8-6-5-7-9-20)21-14-15-25(16-17(21)2)23(3,28)18-10-12-19(24)13-11-18/h4-13,17,21,28H,1,14-16H2,2-3H3. The molecule has 0 aliphatic carbocycles. The summed E-state index contributed by atoms with van der Waals surface area (Å²) in [6, 6.07) is 17.6. The minimum atomic E-state index is -1.06. The summed E-state index contributed by atoms with van der Waals surface area (Å²) in [7, 11) is 0. The van der Waals surface area contributed by atoms with Gasteiger partial charge in [0, 0.05) is 29.3 Å². The van der Waals surface area contributed by atoms with E-state index in [4.69, 9.17) is 0 Å². The number of hydrogen-bond donors (Lipinski definition) is 1. The third-order valence-electron chi connectivity index (χ3n) is 5.64. The van der Waals surface area contributed by atoms with Gasteiger partial charge in [0.2, 0.25) is 0 Å². The second-order valence-corrected chi connectivity index (χ2v) is 8.47. The van der Waals surface area contributed by atoms with Crippen molar-refractivity contribution in [2.75, 3.05) is 18.0 Å². The van der Waals surface area contributed by atoms with Gasteiger partial charge in [-0.3, -0.25) is 9.69 Å². The lowest BCUT2D eigenvalue weighted by molar-refractivity contribution is -0.122. The molecule has 1 N–H and O–H groups in total. The normalized spacial score (nSPS) is 22.3. The van der Waals surface area contributed by atoms with Crippen LogP contribution in [0.2, 0.25) is 0 Å². The zero-order chi connectivity index (χ0) is 20.3. The Morgan fingerprint density at radius 2 is 1.89 bits per heavy atom. The van der Waals surface area contributed by atoms with E-state index in [0.717, 1.165) is 22.1 Å². The van der Waals surface area contributed by atoms with Gasteiger partial charge in [0.15, 0.2) is 0 Å². The number of carbonyl (C=O) groups excluding carboxylic acids is 1. The summed E-state index contributed by atoms with van der Waals surface area (Å²) in [4.78, 5) is 16.6. The molecule has 1 saturated heterocycles. The number of likely N-dealkylation sites (tertiary alicyclic amines) is 1. The van der Waals surface area contributed by atoms with Gasteiger partial charge < -0.3 is 10.0 Å². The highest BCUT2D eigenvalue weighted by atomic mass is 79.9. The van der Waals surface area contributed by atoms with Gasteiger partial charge in [-0.05, 0) is 55.2 Å². The van der Waals surface area contributed by atoms with Crippen molar-refractivity contribution in [1.82, 2.24) is 4.90 Å². The van der Waals surface area contributed by atoms with Crippen molar-refractivity contribution in [1.29, 1.82) is 0 Å². The third-order valence-corrected chi connectivity index (χ3v) is 6.17. The summed E-state index contributed by atoms with van der Waals surface area (Å²) < 4.78 is 0.987. The second-order valence-electron chi connectivity index (χ2n) is 7.55. The SMILES string of the molecule is C=CC(=O)N(c1ccccc1)C1CCN(C(C)(O)c2ccc(Br)cc2)CC1C. The molecule has 3 unspecified atom stereocenters. The van der Waals surface area contributed by atoms with Crippen LogP contribution in [0.25, 0.3) is 0 Å². The summed E-state index contributed by atoms with van der Waals surface area (Å²) in [5.41, 5.74) is 0.695. The number of hydrogen-bond acceptors (Lipinski definition) is 3. The molecule has 1 heterocycles. The monoisotopic (exact) mass is 442 g/mol.